The first-order chi connectivity index (χ1) is 13.3. The van der Waals surface area contributed by atoms with Crippen LogP contribution < -0.4 is 21.7 Å². The van der Waals surface area contributed by atoms with Crippen molar-refractivity contribution in [3.8, 4) is 0 Å². The van der Waals surface area contributed by atoms with E-state index in [1.165, 1.54) is 0 Å². The SMILES string of the molecule is CC(C)CC(N)C(=O)NCC(=O)NC(CC(C)C)C(=O)NC(CC(C)C)C(=O)O. The lowest BCUT2D eigenvalue weighted by Gasteiger charge is -2.23. The van der Waals surface area contributed by atoms with Crippen molar-refractivity contribution >= 4 is 23.7 Å². The molecule has 3 amide bonds. The van der Waals surface area contributed by atoms with E-state index < -0.39 is 41.8 Å². The standard InChI is InChI=1S/C20H38N4O5/c1-11(2)7-14(21)18(26)22-10-17(25)23-15(8-12(3)4)19(27)24-16(20(28)29)9-13(5)6/h11-16H,7-10,21H2,1-6H3,(H,22,26)(H,23,25)(H,24,27)(H,28,29). The van der Waals surface area contributed by atoms with Crippen LogP contribution in [0.4, 0.5) is 0 Å². The lowest BCUT2D eigenvalue weighted by molar-refractivity contribution is -0.142. The Morgan fingerprint density at radius 1 is 0.759 bits per heavy atom. The van der Waals surface area contributed by atoms with E-state index in [1.807, 2.05) is 41.5 Å². The second-order valence-electron chi connectivity index (χ2n) is 8.73. The fraction of sp³-hybridized carbons (Fsp3) is 0.800. The zero-order valence-electron chi connectivity index (χ0n) is 18.5. The third-order valence-electron chi connectivity index (χ3n) is 4.17. The van der Waals surface area contributed by atoms with E-state index in [9.17, 15) is 24.3 Å². The summed E-state index contributed by atoms with van der Waals surface area (Å²) in [5.41, 5.74) is 5.78. The van der Waals surface area contributed by atoms with E-state index in [-0.39, 0.29) is 30.7 Å². The van der Waals surface area contributed by atoms with Crippen molar-refractivity contribution in [1.82, 2.24) is 16.0 Å². The van der Waals surface area contributed by atoms with Gasteiger partial charge in [0.15, 0.2) is 0 Å². The first-order valence-corrected chi connectivity index (χ1v) is 10.2. The molecule has 0 spiro atoms. The Balaban J connectivity index is 4.88. The summed E-state index contributed by atoms with van der Waals surface area (Å²) in [6, 6.07) is -2.62. The van der Waals surface area contributed by atoms with Crippen LogP contribution in [0.3, 0.4) is 0 Å². The van der Waals surface area contributed by atoms with Crippen molar-refractivity contribution < 1.29 is 24.3 Å². The van der Waals surface area contributed by atoms with E-state index >= 15 is 0 Å². The summed E-state index contributed by atoms with van der Waals surface area (Å²) in [5.74, 6) is -2.21. The van der Waals surface area contributed by atoms with Gasteiger partial charge in [-0.2, -0.15) is 0 Å². The third kappa shape index (κ3) is 12.1. The van der Waals surface area contributed by atoms with Gasteiger partial charge in [-0.1, -0.05) is 41.5 Å². The van der Waals surface area contributed by atoms with Gasteiger partial charge in [0.25, 0.3) is 0 Å². The summed E-state index contributed by atoms with van der Waals surface area (Å²) in [7, 11) is 0. The van der Waals surface area contributed by atoms with E-state index in [1.54, 1.807) is 0 Å². The number of nitrogens with one attached hydrogen (secondary N) is 3. The maximum Gasteiger partial charge on any atom is 0.326 e. The van der Waals surface area contributed by atoms with Crippen LogP contribution >= 0.6 is 0 Å². The van der Waals surface area contributed by atoms with Crippen molar-refractivity contribution in [2.75, 3.05) is 6.54 Å². The van der Waals surface area contributed by atoms with Crippen LogP contribution in [0.5, 0.6) is 0 Å². The van der Waals surface area contributed by atoms with E-state index in [2.05, 4.69) is 16.0 Å². The predicted octanol–water partition coefficient (Wildman–Crippen LogP) is 0.622. The fourth-order valence-electron chi connectivity index (χ4n) is 2.83. The Labute approximate surface area is 173 Å². The molecule has 0 bridgehead atoms. The molecular weight excluding hydrogens is 376 g/mol. The van der Waals surface area contributed by atoms with Crippen molar-refractivity contribution in [2.24, 2.45) is 23.5 Å². The molecule has 0 aliphatic carbocycles. The molecule has 0 rings (SSSR count). The molecule has 0 saturated carbocycles. The van der Waals surface area contributed by atoms with Gasteiger partial charge in [-0.25, -0.2) is 4.79 Å². The Morgan fingerprint density at radius 3 is 1.69 bits per heavy atom. The fourth-order valence-corrected chi connectivity index (χ4v) is 2.83. The number of aliphatic carboxylic acids is 1. The summed E-state index contributed by atoms with van der Waals surface area (Å²) in [6.45, 7) is 11.1. The second-order valence-corrected chi connectivity index (χ2v) is 8.73. The minimum Gasteiger partial charge on any atom is -0.480 e. The zero-order chi connectivity index (χ0) is 22.7. The average molecular weight is 415 g/mol. The van der Waals surface area contributed by atoms with Crippen LogP contribution in [-0.4, -0.2) is 53.5 Å². The van der Waals surface area contributed by atoms with Crippen LogP contribution in [0, 0.1) is 17.8 Å². The molecule has 0 aliphatic heterocycles. The largest absolute Gasteiger partial charge is 0.480 e. The topological polar surface area (TPSA) is 151 Å². The lowest BCUT2D eigenvalue weighted by Crippen LogP contribution is -2.54. The van der Waals surface area contributed by atoms with E-state index in [0.717, 1.165) is 0 Å². The van der Waals surface area contributed by atoms with Gasteiger partial charge in [0.1, 0.15) is 12.1 Å². The summed E-state index contributed by atoms with van der Waals surface area (Å²) in [6.07, 6.45) is 1.12. The monoisotopic (exact) mass is 414 g/mol. The van der Waals surface area contributed by atoms with Crippen molar-refractivity contribution in [3.05, 3.63) is 0 Å². The molecule has 29 heavy (non-hydrogen) atoms. The second kappa shape index (κ2) is 13.1. The number of carbonyl (C=O) groups is 4. The molecule has 0 saturated heterocycles. The predicted molar refractivity (Wildman–Crippen MR) is 111 cm³/mol. The molecule has 168 valence electrons. The van der Waals surface area contributed by atoms with Crippen molar-refractivity contribution in [3.63, 3.8) is 0 Å². The molecule has 0 aliphatic rings. The van der Waals surface area contributed by atoms with Gasteiger partial charge in [0.2, 0.25) is 17.7 Å². The molecule has 3 unspecified atom stereocenters. The highest BCUT2D eigenvalue weighted by Gasteiger charge is 2.27. The van der Waals surface area contributed by atoms with Crippen molar-refractivity contribution in [2.45, 2.75) is 78.9 Å². The first-order valence-electron chi connectivity index (χ1n) is 10.2. The minimum absolute atomic E-state index is 0.0831. The number of hydrogen-bond acceptors (Lipinski definition) is 5. The molecule has 0 fully saturated rings. The van der Waals surface area contributed by atoms with Crippen LogP contribution in [-0.2, 0) is 19.2 Å². The molecule has 9 heteroatoms. The maximum atomic E-state index is 12.6. The van der Waals surface area contributed by atoms with Gasteiger partial charge in [-0.05, 0) is 37.0 Å². The third-order valence-corrected chi connectivity index (χ3v) is 4.17. The summed E-state index contributed by atoms with van der Waals surface area (Å²) < 4.78 is 0. The molecule has 9 nitrogen and oxygen atoms in total. The summed E-state index contributed by atoms with van der Waals surface area (Å²) in [5, 5.41) is 16.9. The Hall–Kier alpha value is -2.16. The number of hydrogen-bond donors (Lipinski definition) is 5. The Morgan fingerprint density at radius 2 is 1.24 bits per heavy atom. The number of nitrogens with two attached hydrogens (primary N) is 1. The normalized spacial score (nSPS) is 14.4. The quantitative estimate of drug-likeness (QED) is 0.298. The van der Waals surface area contributed by atoms with Crippen LogP contribution in [0.2, 0.25) is 0 Å². The smallest absolute Gasteiger partial charge is 0.326 e. The average Bonchev–Trinajstić information content (AvgIpc) is 2.56. The van der Waals surface area contributed by atoms with Crippen LogP contribution in [0.1, 0.15) is 60.8 Å². The number of carboxylic acid groups (broad SMARTS) is 1. The summed E-state index contributed by atoms with van der Waals surface area (Å²) in [4.78, 5) is 48.1. The van der Waals surface area contributed by atoms with Gasteiger partial charge in [0, 0.05) is 0 Å². The van der Waals surface area contributed by atoms with Crippen molar-refractivity contribution in [1.29, 1.82) is 0 Å². The Kier molecular flexibility index (Phi) is 12.2. The van der Waals surface area contributed by atoms with Crippen LogP contribution in [0.15, 0.2) is 0 Å². The van der Waals surface area contributed by atoms with Gasteiger partial charge in [0.05, 0.1) is 12.6 Å². The maximum absolute atomic E-state index is 12.6. The van der Waals surface area contributed by atoms with E-state index in [0.29, 0.717) is 12.8 Å². The molecule has 3 atom stereocenters. The molecule has 0 aromatic heterocycles. The summed E-state index contributed by atoms with van der Waals surface area (Å²) >= 11 is 0. The van der Waals surface area contributed by atoms with E-state index in [4.69, 9.17) is 5.73 Å². The number of rotatable bonds is 13. The molecule has 6 N–H and O–H groups in total. The lowest BCUT2D eigenvalue weighted by atomic mass is 10.0. The minimum atomic E-state index is -1.12. The van der Waals surface area contributed by atoms with Gasteiger partial charge in [-0.15, -0.1) is 0 Å². The number of amides is 3. The Bertz CT molecular complexity index is 563. The molecule has 0 aromatic rings. The highest BCUT2D eigenvalue weighted by molar-refractivity contribution is 5.92. The molecule has 0 radical (unpaired) electrons. The number of carboxylic acids is 1. The molecule has 0 aromatic carbocycles. The molecule has 0 heterocycles. The highest BCUT2D eigenvalue weighted by Crippen LogP contribution is 2.09. The van der Waals surface area contributed by atoms with Gasteiger partial charge < -0.3 is 26.8 Å². The van der Waals surface area contributed by atoms with Gasteiger partial charge in [-0.3, -0.25) is 14.4 Å². The molecular formula is C20H38N4O5. The zero-order valence-corrected chi connectivity index (χ0v) is 18.5. The first kappa shape index (κ1) is 26.8. The highest BCUT2D eigenvalue weighted by atomic mass is 16.4. The number of carbonyl (C=O) groups excluding carboxylic acids is 3. The van der Waals surface area contributed by atoms with Gasteiger partial charge >= 0.3 is 5.97 Å². The van der Waals surface area contributed by atoms with Crippen LogP contribution in [0.25, 0.3) is 0 Å².